The molecule has 0 aliphatic heterocycles. The van der Waals surface area contributed by atoms with E-state index < -0.39 is 0 Å². The lowest BCUT2D eigenvalue weighted by Gasteiger charge is -2.72. The van der Waals surface area contributed by atoms with Gasteiger partial charge in [-0.05, 0) is 134 Å². The Bertz CT molecular complexity index is 1370. The summed E-state index contributed by atoms with van der Waals surface area (Å²) in [7, 11) is 0. The predicted molar refractivity (Wildman–Crippen MR) is 186 cm³/mol. The van der Waals surface area contributed by atoms with E-state index in [0.717, 1.165) is 44.1 Å². The summed E-state index contributed by atoms with van der Waals surface area (Å²) < 4.78 is 0. The van der Waals surface area contributed by atoms with Crippen molar-refractivity contribution in [3.63, 3.8) is 0 Å². The number of hydrogen-bond donors (Lipinski definition) is 3. The van der Waals surface area contributed by atoms with Gasteiger partial charge in [-0.15, -0.1) is 0 Å². The zero-order chi connectivity index (χ0) is 33.1. The molecule has 0 heterocycles. The van der Waals surface area contributed by atoms with E-state index in [1.165, 1.54) is 31.3 Å². The quantitative estimate of drug-likeness (QED) is 0.163. The van der Waals surface area contributed by atoms with Crippen LogP contribution in [0.3, 0.4) is 0 Å². The third kappa shape index (κ3) is 5.04. The fourth-order valence-electron chi connectivity index (χ4n) is 12.9. The molecule has 5 nitrogen and oxygen atoms in total. The summed E-state index contributed by atoms with van der Waals surface area (Å²) in [5.74, 6) is 2.46. The van der Waals surface area contributed by atoms with Gasteiger partial charge in [0.05, 0.1) is 11.5 Å². The van der Waals surface area contributed by atoms with Crippen molar-refractivity contribution < 1.29 is 14.7 Å². The molecule has 5 heteroatoms. The molecule has 5 aliphatic carbocycles. The van der Waals surface area contributed by atoms with Crippen molar-refractivity contribution in [2.24, 2.45) is 56.7 Å². The predicted octanol–water partition coefficient (Wildman–Crippen LogP) is 7.95. The van der Waals surface area contributed by atoms with E-state index in [1.807, 2.05) is 36.4 Å². The van der Waals surface area contributed by atoms with Crippen LogP contribution >= 0.6 is 0 Å². The van der Waals surface area contributed by atoms with Crippen LogP contribution in [-0.4, -0.2) is 36.1 Å². The summed E-state index contributed by atoms with van der Waals surface area (Å²) in [6, 6.07) is 9.80. The van der Waals surface area contributed by atoms with Gasteiger partial charge >= 0.3 is 0 Å². The molecule has 5 aliphatic rings. The minimum Gasteiger partial charge on any atom is -0.393 e. The van der Waals surface area contributed by atoms with Crippen molar-refractivity contribution in [3.8, 4) is 0 Å². The second kappa shape index (κ2) is 11.9. The lowest BCUT2D eigenvalue weighted by atomic mass is 9.32. The van der Waals surface area contributed by atoms with E-state index in [0.29, 0.717) is 42.7 Å². The number of hydrogen-bond acceptors (Lipinski definition) is 3. The summed E-state index contributed by atoms with van der Waals surface area (Å²) in [6.45, 7) is 20.0. The molecule has 1 aromatic carbocycles. The highest BCUT2D eigenvalue weighted by molar-refractivity contribution is 5.91. The summed E-state index contributed by atoms with van der Waals surface area (Å²) in [5, 5.41) is 17.3. The Morgan fingerprint density at radius 2 is 1.57 bits per heavy atom. The molecule has 1 aromatic rings. The van der Waals surface area contributed by atoms with Gasteiger partial charge in [0.25, 0.3) is 0 Å². The number of fused-ring (bicyclic) bond motifs is 7. The number of allylic oxidation sites excluding steroid dienone is 1. The molecule has 10 atom stereocenters. The van der Waals surface area contributed by atoms with Crippen LogP contribution in [0, 0.1) is 56.7 Å². The summed E-state index contributed by atoms with van der Waals surface area (Å²) >= 11 is 0. The first-order valence-corrected chi connectivity index (χ1v) is 18.3. The first kappa shape index (κ1) is 33.5. The number of aliphatic hydroxyl groups excluding tert-OH is 1. The standard InChI is InChI=1S/C41H60N2O3/c1-27(2)29-17-22-41(36(46)43-26-25-42-34(45)16-13-28-11-9-8-10-12-28)24-23-39(6)30(35(29)41)14-15-32-38(5)20-19-33(44)37(3,4)31(38)18-21-40(32,39)7/h8-13,16,29-33,35,44H,1,14-15,17-26H2,2-7H3,(H,42,45)(H,43,46)/b16-13+/t29-,30+,31-,32+,33-,35+,38-,39+,40+,41-/m0/s1. The van der Waals surface area contributed by atoms with Gasteiger partial charge < -0.3 is 15.7 Å². The van der Waals surface area contributed by atoms with Gasteiger partial charge in [-0.25, -0.2) is 0 Å². The van der Waals surface area contributed by atoms with Crippen molar-refractivity contribution in [1.82, 2.24) is 10.6 Å². The van der Waals surface area contributed by atoms with Crippen LogP contribution in [0.2, 0.25) is 0 Å². The molecule has 0 unspecified atom stereocenters. The van der Waals surface area contributed by atoms with E-state index >= 15 is 0 Å². The largest absolute Gasteiger partial charge is 0.393 e. The smallest absolute Gasteiger partial charge is 0.244 e. The molecule has 5 saturated carbocycles. The van der Waals surface area contributed by atoms with Gasteiger partial charge in [-0.3, -0.25) is 9.59 Å². The van der Waals surface area contributed by atoms with Crippen molar-refractivity contribution in [3.05, 3.63) is 54.1 Å². The molecule has 0 bridgehead atoms. The molecule has 6 rings (SSSR count). The summed E-state index contributed by atoms with van der Waals surface area (Å²) in [6.07, 6.45) is 14.1. The van der Waals surface area contributed by atoms with Crippen LogP contribution in [0.15, 0.2) is 48.6 Å². The fourth-order valence-corrected chi connectivity index (χ4v) is 12.9. The number of amides is 2. The molecule has 2 amide bonds. The number of rotatable bonds is 7. The van der Waals surface area contributed by atoms with E-state index in [-0.39, 0.29) is 45.0 Å². The molecule has 3 N–H and O–H groups in total. The fraction of sp³-hybridized carbons (Fsp3) is 0.707. The number of aliphatic hydroxyl groups is 1. The van der Waals surface area contributed by atoms with Crippen LogP contribution in [0.1, 0.15) is 111 Å². The second-order valence-electron chi connectivity index (χ2n) is 17.5. The zero-order valence-electron chi connectivity index (χ0n) is 29.5. The number of carbonyl (C=O) groups is 2. The van der Waals surface area contributed by atoms with E-state index in [9.17, 15) is 14.7 Å². The molecule has 0 spiro atoms. The maximum absolute atomic E-state index is 14.3. The first-order chi connectivity index (χ1) is 21.7. The normalized spacial score (nSPS) is 42.7. The molecule has 252 valence electrons. The Morgan fingerprint density at radius 1 is 0.848 bits per heavy atom. The highest BCUT2D eigenvalue weighted by Crippen LogP contribution is 2.77. The molecular weight excluding hydrogens is 568 g/mol. The Balaban J connectivity index is 1.19. The average Bonchev–Trinajstić information content (AvgIpc) is 3.42. The summed E-state index contributed by atoms with van der Waals surface area (Å²) in [4.78, 5) is 26.7. The number of benzene rings is 1. The molecule has 0 saturated heterocycles. The van der Waals surface area contributed by atoms with Gasteiger partial charge in [0.15, 0.2) is 0 Å². The Kier molecular flexibility index (Phi) is 8.69. The van der Waals surface area contributed by atoms with E-state index in [1.54, 1.807) is 6.08 Å². The monoisotopic (exact) mass is 628 g/mol. The molecule has 0 aromatic heterocycles. The van der Waals surface area contributed by atoms with Gasteiger partial charge in [0.1, 0.15) is 0 Å². The van der Waals surface area contributed by atoms with Crippen LogP contribution in [-0.2, 0) is 9.59 Å². The third-order valence-corrected chi connectivity index (χ3v) is 15.4. The Hall–Kier alpha value is -2.40. The van der Waals surface area contributed by atoms with Gasteiger partial charge in [0, 0.05) is 19.2 Å². The third-order valence-electron chi connectivity index (χ3n) is 15.4. The summed E-state index contributed by atoms with van der Waals surface area (Å²) in [5.41, 5.74) is 2.48. The van der Waals surface area contributed by atoms with Crippen molar-refractivity contribution in [1.29, 1.82) is 0 Å². The lowest BCUT2D eigenvalue weighted by molar-refractivity contribution is -0.246. The molecule has 0 radical (unpaired) electrons. The van der Waals surface area contributed by atoms with Gasteiger partial charge in [0.2, 0.25) is 11.8 Å². The van der Waals surface area contributed by atoms with Crippen molar-refractivity contribution >= 4 is 17.9 Å². The van der Waals surface area contributed by atoms with Crippen molar-refractivity contribution in [2.45, 2.75) is 112 Å². The second-order valence-corrected chi connectivity index (χ2v) is 17.5. The maximum Gasteiger partial charge on any atom is 0.244 e. The van der Waals surface area contributed by atoms with Crippen LogP contribution in [0.25, 0.3) is 6.08 Å². The number of carbonyl (C=O) groups excluding carboxylic acids is 2. The first-order valence-electron chi connectivity index (χ1n) is 18.3. The van der Waals surface area contributed by atoms with Crippen molar-refractivity contribution in [2.75, 3.05) is 13.1 Å². The topological polar surface area (TPSA) is 78.4 Å². The Labute approximate surface area is 278 Å². The van der Waals surface area contributed by atoms with Gasteiger partial charge in [-0.1, -0.05) is 77.1 Å². The molecule has 46 heavy (non-hydrogen) atoms. The highest BCUT2D eigenvalue weighted by Gasteiger charge is 2.71. The van der Waals surface area contributed by atoms with Crippen LogP contribution in [0.5, 0.6) is 0 Å². The van der Waals surface area contributed by atoms with E-state index in [4.69, 9.17) is 0 Å². The van der Waals surface area contributed by atoms with Crippen LogP contribution < -0.4 is 10.6 Å². The highest BCUT2D eigenvalue weighted by atomic mass is 16.3. The number of nitrogens with one attached hydrogen (secondary N) is 2. The Morgan fingerprint density at radius 3 is 2.28 bits per heavy atom. The van der Waals surface area contributed by atoms with Gasteiger partial charge in [-0.2, -0.15) is 0 Å². The molecular formula is C41H60N2O3. The van der Waals surface area contributed by atoms with Crippen LogP contribution in [0.4, 0.5) is 0 Å². The maximum atomic E-state index is 14.3. The average molecular weight is 629 g/mol. The lowest BCUT2D eigenvalue weighted by Crippen LogP contribution is -2.67. The minimum absolute atomic E-state index is 0.0416. The van der Waals surface area contributed by atoms with E-state index in [2.05, 4.69) is 58.8 Å². The minimum atomic E-state index is -0.355. The molecule has 5 fully saturated rings. The SMILES string of the molecule is C=C(C)[C@@H]1CC[C@]2(C(=O)NCCNC(=O)/C=C/c3ccccc3)CC[C@]3(C)[C@H](CC[C@@H]4[C@@]5(C)CC[C@H](O)C(C)(C)[C@@H]5CC[C@]43C)[C@@H]12. The zero-order valence-corrected chi connectivity index (χ0v) is 29.5.